The van der Waals surface area contributed by atoms with E-state index in [0.717, 1.165) is 16.7 Å². The summed E-state index contributed by atoms with van der Waals surface area (Å²) in [6.07, 6.45) is 0. The second-order valence-electron chi connectivity index (χ2n) is 3.15. The summed E-state index contributed by atoms with van der Waals surface area (Å²) < 4.78 is 0. The van der Waals surface area contributed by atoms with Crippen molar-refractivity contribution in [2.75, 3.05) is 7.11 Å². The van der Waals surface area contributed by atoms with Crippen LogP contribution < -0.4 is 5.48 Å². The third kappa shape index (κ3) is 2.18. The molecule has 0 bridgehead atoms. The standard InChI is InChI=1S/C10H14ClNO2/c1-6-4-9(11)8(5-12-14-3)7(2)10(6)13/h4,12-13H,5H2,1-3H3. The van der Waals surface area contributed by atoms with Gasteiger partial charge in [-0.3, -0.25) is 0 Å². The lowest BCUT2D eigenvalue weighted by molar-refractivity contribution is 0.0865. The summed E-state index contributed by atoms with van der Waals surface area (Å²) in [6.45, 7) is 4.14. The number of nitrogens with one attached hydrogen (secondary N) is 1. The second kappa shape index (κ2) is 4.64. The van der Waals surface area contributed by atoms with Gasteiger partial charge in [0, 0.05) is 11.6 Å². The molecule has 0 aliphatic rings. The molecule has 2 N–H and O–H groups in total. The van der Waals surface area contributed by atoms with Crippen LogP contribution in [0.5, 0.6) is 5.75 Å². The van der Waals surface area contributed by atoms with E-state index in [1.165, 1.54) is 7.11 Å². The van der Waals surface area contributed by atoms with Crippen molar-refractivity contribution in [2.45, 2.75) is 20.4 Å². The first kappa shape index (κ1) is 11.3. The Labute approximate surface area is 88.6 Å². The highest BCUT2D eigenvalue weighted by Gasteiger charge is 2.10. The summed E-state index contributed by atoms with van der Waals surface area (Å²) in [5.41, 5.74) is 5.13. The molecule has 0 heterocycles. The van der Waals surface area contributed by atoms with Gasteiger partial charge in [0.1, 0.15) is 5.75 Å². The largest absolute Gasteiger partial charge is 0.507 e. The average Bonchev–Trinajstić information content (AvgIpc) is 2.14. The number of halogens is 1. The van der Waals surface area contributed by atoms with Crippen molar-refractivity contribution >= 4 is 11.6 Å². The minimum absolute atomic E-state index is 0.294. The van der Waals surface area contributed by atoms with E-state index in [2.05, 4.69) is 5.48 Å². The van der Waals surface area contributed by atoms with Crippen LogP contribution in [0.3, 0.4) is 0 Å². The molecule has 0 saturated heterocycles. The van der Waals surface area contributed by atoms with Crippen LogP contribution in [-0.4, -0.2) is 12.2 Å². The number of hydrogen-bond acceptors (Lipinski definition) is 3. The quantitative estimate of drug-likeness (QED) is 0.761. The number of aromatic hydroxyl groups is 1. The van der Waals surface area contributed by atoms with Crippen LogP contribution in [-0.2, 0) is 11.4 Å². The molecule has 0 fully saturated rings. The van der Waals surface area contributed by atoms with Crippen molar-refractivity contribution in [1.29, 1.82) is 0 Å². The summed E-state index contributed by atoms with van der Waals surface area (Å²) in [4.78, 5) is 4.74. The van der Waals surface area contributed by atoms with Crippen LogP contribution in [0.2, 0.25) is 5.02 Å². The Hall–Kier alpha value is -0.770. The molecular formula is C10H14ClNO2. The van der Waals surface area contributed by atoms with Crippen LogP contribution in [0.15, 0.2) is 6.07 Å². The molecule has 78 valence electrons. The smallest absolute Gasteiger partial charge is 0.121 e. The molecule has 0 unspecified atom stereocenters. The Morgan fingerprint density at radius 3 is 2.71 bits per heavy atom. The van der Waals surface area contributed by atoms with Crippen LogP contribution in [0.25, 0.3) is 0 Å². The van der Waals surface area contributed by atoms with E-state index >= 15 is 0 Å². The van der Waals surface area contributed by atoms with E-state index in [0.29, 0.717) is 17.3 Å². The predicted octanol–water partition coefficient (Wildman–Crippen LogP) is 2.31. The van der Waals surface area contributed by atoms with E-state index in [1.807, 2.05) is 13.8 Å². The Bertz CT molecular complexity index is 339. The lowest BCUT2D eigenvalue weighted by Crippen LogP contribution is -2.12. The first-order valence-electron chi connectivity index (χ1n) is 4.31. The van der Waals surface area contributed by atoms with E-state index in [4.69, 9.17) is 16.4 Å². The minimum atomic E-state index is 0.294. The summed E-state index contributed by atoms with van der Waals surface area (Å²) in [5.74, 6) is 0.294. The first-order chi connectivity index (χ1) is 6.57. The van der Waals surface area contributed by atoms with Gasteiger partial charge in [-0.05, 0) is 36.6 Å². The van der Waals surface area contributed by atoms with Gasteiger partial charge in [-0.1, -0.05) is 11.6 Å². The molecule has 0 amide bonds. The van der Waals surface area contributed by atoms with Crippen LogP contribution >= 0.6 is 11.6 Å². The van der Waals surface area contributed by atoms with Gasteiger partial charge < -0.3 is 9.94 Å². The fourth-order valence-corrected chi connectivity index (χ4v) is 1.70. The molecule has 3 nitrogen and oxygen atoms in total. The summed E-state index contributed by atoms with van der Waals surface area (Å²) in [6, 6.07) is 1.75. The van der Waals surface area contributed by atoms with Gasteiger partial charge in [0.25, 0.3) is 0 Å². The molecule has 0 aliphatic heterocycles. The van der Waals surface area contributed by atoms with Crippen LogP contribution in [0.4, 0.5) is 0 Å². The number of hydroxylamine groups is 1. The number of benzene rings is 1. The summed E-state index contributed by atoms with van der Waals surface area (Å²) in [7, 11) is 1.54. The molecule has 0 saturated carbocycles. The van der Waals surface area contributed by atoms with Gasteiger partial charge in [-0.15, -0.1) is 0 Å². The maximum atomic E-state index is 9.68. The fourth-order valence-electron chi connectivity index (χ4n) is 1.32. The second-order valence-corrected chi connectivity index (χ2v) is 3.56. The number of rotatable bonds is 3. The van der Waals surface area contributed by atoms with Crippen LogP contribution in [0.1, 0.15) is 16.7 Å². The number of hydrogen-bond donors (Lipinski definition) is 2. The molecule has 1 aromatic carbocycles. The maximum absolute atomic E-state index is 9.68. The normalized spacial score (nSPS) is 10.6. The summed E-state index contributed by atoms with van der Waals surface area (Å²) in [5, 5.41) is 10.3. The molecule has 4 heteroatoms. The van der Waals surface area contributed by atoms with Crippen molar-refractivity contribution < 1.29 is 9.94 Å². The van der Waals surface area contributed by atoms with Crippen LogP contribution in [0, 0.1) is 13.8 Å². The number of aryl methyl sites for hydroxylation is 1. The Kier molecular flexibility index (Phi) is 3.75. The van der Waals surface area contributed by atoms with Gasteiger partial charge in [-0.2, -0.15) is 5.48 Å². The van der Waals surface area contributed by atoms with Crippen molar-refractivity contribution in [3.05, 3.63) is 27.8 Å². The van der Waals surface area contributed by atoms with Gasteiger partial charge in [0.05, 0.1) is 7.11 Å². The summed E-state index contributed by atoms with van der Waals surface area (Å²) >= 11 is 6.04. The van der Waals surface area contributed by atoms with E-state index in [1.54, 1.807) is 6.07 Å². The van der Waals surface area contributed by atoms with E-state index in [-0.39, 0.29) is 0 Å². The predicted molar refractivity (Wildman–Crippen MR) is 56.4 cm³/mol. The molecule has 0 atom stereocenters. The molecule has 14 heavy (non-hydrogen) atoms. The van der Waals surface area contributed by atoms with Crippen molar-refractivity contribution in [3.63, 3.8) is 0 Å². The molecule has 0 spiro atoms. The maximum Gasteiger partial charge on any atom is 0.121 e. The molecule has 0 radical (unpaired) electrons. The molecule has 1 rings (SSSR count). The van der Waals surface area contributed by atoms with E-state index < -0.39 is 0 Å². The Morgan fingerprint density at radius 2 is 2.14 bits per heavy atom. The monoisotopic (exact) mass is 215 g/mol. The minimum Gasteiger partial charge on any atom is -0.507 e. The highest BCUT2D eigenvalue weighted by Crippen LogP contribution is 2.30. The lowest BCUT2D eigenvalue weighted by Gasteiger charge is -2.12. The van der Waals surface area contributed by atoms with Crippen molar-refractivity contribution in [1.82, 2.24) is 5.48 Å². The average molecular weight is 216 g/mol. The highest BCUT2D eigenvalue weighted by atomic mass is 35.5. The molecule has 1 aromatic rings. The third-order valence-corrected chi connectivity index (χ3v) is 2.54. The zero-order chi connectivity index (χ0) is 10.7. The number of phenols is 1. The zero-order valence-corrected chi connectivity index (χ0v) is 9.27. The molecular weight excluding hydrogens is 202 g/mol. The lowest BCUT2D eigenvalue weighted by atomic mass is 10.0. The number of phenolic OH excluding ortho intramolecular Hbond substituents is 1. The van der Waals surface area contributed by atoms with Gasteiger partial charge in [0.2, 0.25) is 0 Å². The molecule has 0 aliphatic carbocycles. The molecule has 0 aromatic heterocycles. The van der Waals surface area contributed by atoms with Gasteiger partial charge in [0.15, 0.2) is 0 Å². The Balaban J connectivity index is 3.09. The van der Waals surface area contributed by atoms with Crippen molar-refractivity contribution in [3.8, 4) is 5.75 Å². The zero-order valence-electron chi connectivity index (χ0n) is 8.52. The SMILES string of the molecule is CONCc1c(Cl)cc(C)c(O)c1C. The Morgan fingerprint density at radius 1 is 1.50 bits per heavy atom. The highest BCUT2D eigenvalue weighted by molar-refractivity contribution is 6.31. The third-order valence-electron chi connectivity index (χ3n) is 2.21. The van der Waals surface area contributed by atoms with E-state index in [9.17, 15) is 5.11 Å². The first-order valence-corrected chi connectivity index (χ1v) is 4.69. The van der Waals surface area contributed by atoms with Crippen molar-refractivity contribution in [2.24, 2.45) is 0 Å². The van der Waals surface area contributed by atoms with Gasteiger partial charge in [-0.25, -0.2) is 0 Å². The topological polar surface area (TPSA) is 41.5 Å². The van der Waals surface area contributed by atoms with Gasteiger partial charge >= 0.3 is 0 Å². The fraction of sp³-hybridized carbons (Fsp3) is 0.400.